The highest BCUT2D eigenvalue weighted by molar-refractivity contribution is 5.35. The summed E-state index contributed by atoms with van der Waals surface area (Å²) in [4.78, 5) is 0. The summed E-state index contributed by atoms with van der Waals surface area (Å²) in [5, 5.41) is 0. The highest BCUT2D eigenvalue weighted by Crippen LogP contribution is 2.41. The van der Waals surface area contributed by atoms with Crippen molar-refractivity contribution < 1.29 is 13.5 Å². The number of aryl methyl sites for hydroxylation is 3. The van der Waals surface area contributed by atoms with Crippen LogP contribution in [0.2, 0.25) is 0 Å². The van der Waals surface area contributed by atoms with Crippen molar-refractivity contribution >= 4 is 0 Å². The van der Waals surface area contributed by atoms with Crippen molar-refractivity contribution in [2.45, 2.75) is 90.9 Å². The van der Waals surface area contributed by atoms with Gasteiger partial charge in [-0.2, -0.15) is 4.39 Å². The van der Waals surface area contributed by atoms with Crippen LogP contribution in [0, 0.1) is 43.2 Å². The lowest BCUT2D eigenvalue weighted by Crippen LogP contribution is -2.23. The van der Waals surface area contributed by atoms with Crippen molar-refractivity contribution in [3.63, 3.8) is 0 Å². The molecule has 2 aromatic rings. The van der Waals surface area contributed by atoms with Crippen LogP contribution in [0.1, 0.15) is 92.9 Å². The van der Waals surface area contributed by atoms with E-state index < -0.39 is 11.6 Å². The summed E-state index contributed by atoms with van der Waals surface area (Å²) in [5.74, 6) is 1.47. The molecule has 3 heteroatoms. The molecule has 0 saturated heterocycles. The third-order valence-electron chi connectivity index (χ3n) is 8.48. The average molecular weight is 481 g/mol. The molecule has 0 amide bonds. The molecule has 2 aliphatic carbocycles. The Morgan fingerprint density at radius 1 is 0.857 bits per heavy atom. The number of hydrogen-bond donors (Lipinski definition) is 0. The molecule has 2 aromatic carbocycles. The summed E-state index contributed by atoms with van der Waals surface area (Å²) in [7, 11) is 0. The maximum absolute atomic E-state index is 14.0. The van der Waals surface area contributed by atoms with Crippen LogP contribution in [-0.2, 0) is 6.42 Å². The third-order valence-corrected chi connectivity index (χ3v) is 8.48. The predicted octanol–water partition coefficient (Wildman–Crippen LogP) is 9.25. The lowest BCUT2D eigenvalue weighted by Gasteiger charge is -2.35. The van der Waals surface area contributed by atoms with E-state index in [-0.39, 0.29) is 5.75 Å². The molecule has 0 radical (unpaired) electrons. The van der Waals surface area contributed by atoms with E-state index >= 15 is 0 Å². The van der Waals surface area contributed by atoms with Crippen LogP contribution in [0.4, 0.5) is 8.78 Å². The fourth-order valence-electron chi connectivity index (χ4n) is 6.24. The van der Waals surface area contributed by atoms with E-state index in [4.69, 9.17) is 4.74 Å². The molecule has 1 nitrogen and oxygen atoms in total. The summed E-state index contributed by atoms with van der Waals surface area (Å²) < 4.78 is 33.2. The zero-order valence-electron chi connectivity index (χ0n) is 21.8. The predicted molar refractivity (Wildman–Crippen MR) is 141 cm³/mol. The van der Waals surface area contributed by atoms with Crippen molar-refractivity contribution in [3.05, 3.63) is 76.4 Å². The maximum Gasteiger partial charge on any atom is 0.200 e. The second-order valence-electron chi connectivity index (χ2n) is 10.9. The topological polar surface area (TPSA) is 9.23 Å². The Balaban J connectivity index is 1.25. The summed E-state index contributed by atoms with van der Waals surface area (Å²) in [6, 6.07) is 9.93. The van der Waals surface area contributed by atoms with Gasteiger partial charge in [0.1, 0.15) is 0 Å². The van der Waals surface area contributed by atoms with Crippen LogP contribution in [0.25, 0.3) is 0 Å². The first kappa shape index (κ1) is 25.9. The van der Waals surface area contributed by atoms with Crippen LogP contribution >= 0.6 is 0 Å². The quantitative estimate of drug-likeness (QED) is 0.257. The molecule has 1 saturated carbocycles. The lowest BCUT2D eigenvalue weighted by atomic mass is 9.70. The van der Waals surface area contributed by atoms with E-state index in [1.165, 1.54) is 74.1 Å². The van der Waals surface area contributed by atoms with Crippen molar-refractivity contribution in [1.82, 2.24) is 0 Å². The lowest BCUT2D eigenvalue weighted by molar-refractivity contribution is 0.209. The Bertz CT molecular complexity index is 1000. The number of halogens is 2. The van der Waals surface area contributed by atoms with Gasteiger partial charge in [-0.25, -0.2) is 4.39 Å². The summed E-state index contributed by atoms with van der Waals surface area (Å²) in [6.07, 6.45) is 17.7. The Morgan fingerprint density at radius 2 is 1.66 bits per heavy atom. The minimum absolute atomic E-state index is 0.00318. The number of ether oxygens (including phenoxy) is 1. The van der Waals surface area contributed by atoms with Crippen molar-refractivity contribution in [2.24, 2.45) is 17.8 Å². The Labute approximate surface area is 211 Å². The van der Waals surface area contributed by atoms with Crippen molar-refractivity contribution in [1.29, 1.82) is 0 Å². The van der Waals surface area contributed by atoms with Crippen molar-refractivity contribution in [2.75, 3.05) is 6.61 Å². The van der Waals surface area contributed by atoms with E-state index in [0.29, 0.717) is 18.1 Å². The molecule has 0 spiro atoms. The molecular formula is C32H42F2O. The van der Waals surface area contributed by atoms with Gasteiger partial charge in [0.15, 0.2) is 11.6 Å². The smallest absolute Gasteiger partial charge is 0.200 e. The Morgan fingerprint density at radius 3 is 2.34 bits per heavy atom. The third kappa shape index (κ3) is 6.54. The zero-order valence-corrected chi connectivity index (χ0v) is 21.8. The number of allylic oxidation sites excluding steroid dienone is 2. The monoisotopic (exact) mass is 480 g/mol. The molecule has 0 aliphatic heterocycles. The van der Waals surface area contributed by atoms with E-state index in [9.17, 15) is 8.78 Å². The summed E-state index contributed by atoms with van der Waals surface area (Å²) in [6.45, 7) is 6.42. The van der Waals surface area contributed by atoms with Gasteiger partial charge in [-0.1, -0.05) is 69.0 Å². The SMILES string of the molecule is CCCC1CCC(C2C=CC(c3ccc(CCCOc4ccc(C)c(F)c4F)c(C)c3)CC2)CC1. The molecule has 0 aromatic heterocycles. The van der Waals surface area contributed by atoms with Crippen LogP contribution in [-0.4, -0.2) is 6.61 Å². The van der Waals surface area contributed by atoms with Crippen LogP contribution in [0.5, 0.6) is 5.75 Å². The fourth-order valence-corrected chi connectivity index (χ4v) is 6.24. The van der Waals surface area contributed by atoms with Gasteiger partial charge in [0.05, 0.1) is 6.61 Å². The van der Waals surface area contributed by atoms with E-state index in [1.807, 2.05) is 0 Å². The molecule has 4 rings (SSSR count). The fraction of sp³-hybridized carbons (Fsp3) is 0.562. The Hall–Kier alpha value is -2.16. The van der Waals surface area contributed by atoms with Crippen molar-refractivity contribution in [3.8, 4) is 5.75 Å². The second kappa shape index (κ2) is 12.2. The molecule has 2 aliphatic rings. The first-order valence-corrected chi connectivity index (χ1v) is 13.8. The standard InChI is InChI=1S/C32H42F2O/c1-4-6-24-9-11-26(12-10-24)27-14-16-28(17-15-27)29-18-13-25(23(3)21-29)7-5-20-35-30-19-8-22(2)31(33)32(30)34/h8,13-14,16,18-19,21,24,26-28H,4-7,9-12,15,17,20H2,1-3H3. The maximum atomic E-state index is 14.0. The highest BCUT2D eigenvalue weighted by atomic mass is 19.2. The molecular weight excluding hydrogens is 438 g/mol. The first-order chi connectivity index (χ1) is 17.0. The zero-order chi connectivity index (χ0) is 24.8. The number of rotatable bonds is 9. The molecule has 2 unspecified atom stereocenters. The minimum Gasteiger partial charge on any atom is -0.490 e. The van der Waals surface area contributed by atoms with Gasteiger partial charge in [0.25, 0.3) is 0 Å². The normalized spacial score (nSPS) is 24.5. The van der Waals surface area contributed by atoms with Crippen LogP contribution < -0.4 is 4.74 Å². The molecule has 0 bridgehead atoms. The second-order valence-corrected chi connectivity index (χ2v) is 10.9. The van der Waals surface area contributed by atoms with Gasteiger partial charge in [-0.05, 0) is 98.4 Å². The van der Waals surface area contributed by atoms with Crippen LogP contribution in [0.15, 0.2) is 42.5 Å². The average Bonchev–Trinajstić information content (AvgIpc) is 2.88. The van der Waals surface area contributed by atoms with Crippen LogP contribution in [0.3, 0.4) is 0 Å². The Kier molecular flexibility index (Phi) is 9.03. The van der Waals surface area contributed by atoms with Gasteiger partial charge in [-0.15, -0.1) is 0 Å². The van der Waals surface area contributed by atoms with Gasteiger partial charge < -0.3 is 4.74 Å². The summed E-state index contributed by atoms with van der Waals surface area (Å²) >= 11 is 0. The number of hydrogen-bond acceptors (Lipinski definition) is 1. The number of benzene rings is 2. The first-order valence-electron chi connectivity index (χ1n) is 13.8. The largest absolute Gasteiger partial charge is 0.490 e. The molecule has 1 fully saturated rings. The summed E-state index contributed by atoms with van der Waals surface area (Å²) in [5.41, 5.74) is 4.32. The van der Waals surface area contributed by atoms with Gasteiger partial charge in [0, 0.05) is 5.92 Å². The van der Waals surface area contributed by atoms with E-state index in [0.717, 1.165) is 30.6 Å². The van der Waals surface area contributed by atoms with E-state index in [1.54, 1.807) is 13.0 Å². The molecule has 190 valence electrons. The molecule has 0 N–H and O–H groups in total. The van der Waals surface area contributed by atoms with Gasteiger partial charge in [-0.3, -0.25) is 0 Å². The minimum atomic E-state index is -0.891. The van der Waals surface area contributed by atoms with Gasteiger partial charge in [0.2, 0.25) is 5.82 Å². The molecule has 2 atom stereocenters. The highest BCUT2D eigenvalue weighted by Gasteiger charge is 2.28. The van der Waals surface area contributed by atoms with Gasteiger partial charge >= 0.3 is 0 Å². The molecule has 0 heterocycles. The molecule has 35 heavy (non-hydrogen) atoms. The van der Waals surface area contributed by atoms with E-state index in [2.05, 4.69) is 44.2 Å².